The molecule has 17 heavy (non-hydrogen) atoms. The van der Waals surface area contributed by atoms with E-state index in [0.29, 0.717) is 16.8 Å². The van der Waals surface area contributed by atoms with E-state index < -0.39 is 4.92 Å². The molecular weight excluding hydrogens is 224 g/mol. The molecule has 2 rings (SSSR count). The first kappa shape index (κ1) is 11.1. The second-order valence-corrected chi connectivity index (χ2v) is 3.57. The maximum Gasteiger partial charge on any atom is 0.289 e. The summed E-state index contributed by atoms with van der Waals surface area (Å²) < 4.78 is 5.06. The number of methoxy groups -OCH3 is 1. The Hall–Kier alpha value is -2.37. The van der Waals surface area contributed by atoms with E-state index >= 15 is 0 Å². The van der Waals surface area contributed by atoms with Crippen LogP contribution >= 0.6 is 0 Å². The summed E-state index contributed by atoms with van der Waals surface area (Å²) in [5.74, 6) is 0.381. The van der Waals surface area contributed by atoms with Crippen LogP contribution in [0.15, 0.2) is 23.1 Å². The predicted octanol–water partition coefficient (Wildman–Crippen LogP) is 1.75. The van der Waals surface area contributed by atoms with E-state index in [1.807, 2.05) is 0 Å². The number of hydrogen-bond donors (Lipinski definition) is 1. The molecule has 0 fully saturated rings. The van der Waals surface area contributed by atoms with Crippen LogP contribution in [0.4, 0.5) is 5.69 Å². The van der Waals surface area contributed by atoms with Gasteiger partial charge in [-0.25, -0.2) is 0 Å². The Labute approximate surface area is 96.0 Å². The number of rotatable bonds is 2. The van der Waals surface area contributed by atoms with E-state index in [9.17, 15) is 14.9 Å². The minimum Gasteiger partial charge on any atom is -0.496 e. The van der Waals surface area contributed by atoms with Crippen LogP contribution < -0.4 is 10.2 Å². The second-order valence-electron chi connectivity index (χ2n) is 3.57. The monoisotopic (exact) mass is 234 g/mol. The SMILES string of the molecule is COc1cc2[nH]ccc(=O)c2c([N+](=O)[O-])c1C. The van der Waals surface area contributed by atoms with Gasteiger partial charge in [0.05, 0.1) is 23.1 Å². The smallest absolute Gasteiger partial charge is 0.289 e. The summed E-state index contributed by atoms with van der Waals surface area (Å²) >= 11 is 0. The first-order valence-electron chi connectivity index (χ1n) is 4.89. The minimum absolute atomic E-state index is 0.0794. The molecule has 0 spiro atoms. The maximum absolute atomic E-state index is 11.7. The van der Waals surface area contributed by atoms with Crippen LogP contribution in [0.5, 0.6) is 5.75 Å². The van der Waals surface area contributed by atoms with Crippen molar-refractivity contribution in [2.24, 2.45) is 0 Å². The van der Waals surface area contributed by atoms with E-state index in [1.165, 1.54) is 19.4 Å². The van der Waals surface area contributed by atoms with E-state index in [-0.39, 0.29) is 16.5 Å². The summed E-state index contributed by atoms with van der Waals surface area (Å²) in [5, 5.41) is 11.1. The average molecular weight is 234 g/mol. The van der Waals surface area contributed by atoms with Crippen molar-refractivity contribution in [1.82, 2.24) is 4.98 Å². The zero-order valence-electron chi connectivity index (χ0n) is 9.31. The van der Waals surface area contributed by atoms with Gasteiger partial charge in [0.2, 0.25) is 0 Å². The van der Waals surface area contributed by atoms with Gasteiger partial charge in [-0.3, -0.25) is 14.9 Å². The molecule has 1 N–H and O–H groups in total. The van der Waals surface area contributed by atoms with Crippen molar-refractivity contribution in [1.29, 1.82) is 0 Å². The lowest BCUT2D eigenvalue weighted by Gasteiger charge is -2.07. The molecule has 0 aliphatic rings. The largest absolute Gasteiger partial charge is 0.496 e. The summed E-state index contributed by atoms with van der Waals surface area (Å²) in [6.45, 7) is 1.56. The van der Waals surface area contributed by atoms with Gasteiger partial charge in [0.15, 0.2) is 5.43 Å². The number of nitrogens with one attached hydrogen (secondary N) is 1. The highest BCUT2D eigenvalue weighted by molar-refractivity contribution is 5.91. The Morgan fingerprint density at radius 3 is 2.76 bits per heavy atom. The Kier molecular flexibility index (Phi) is 2.55. The number of benzene rings is 1. The molecule has 6 heteroatoms. The zero-order chi connectivity index (χ0) is 12.6. The molecule has 1 heterocycles. The molecule has 0 radical (unpaired) electrons. The summed E-state index contributed by atoms with van der Waals surface area (Å²) in [4.78, 5) is 25.0. The van der Waals surface area contributed by atoms with Gasteiger partial charge in [0, 0.05) is 18.3 Å². The number of H-pyrrole nitrogens is 1. The van der Waals surface area contributed by atoms with E-state index in [2.05, 4.69) is 4.98 Å². The van der Waals surface area contributed by atoms with Crippen molar-refractivity contribution < 1.29 is 9.66 Å². The molecule has 0 saturated carbocycles. The lowest BCUT2D eigenvalue weighted by Crippen LogP contribution is -2.06. The molecule has 2 aromatic rings. The Morgan fingerprint density at radius 2 is 2.18 bits per heavy atom. The van der Waals surface area contributed by atoms with Crippen LogP contribution in [0, 0.1) is 17.0 Å². The van der Waals surface area contributed by atoms with Gasteiger partial charge >= 0.3 is 0 Å². The van der Waals surface area contributed by atoms with Gasteiger partial charge < -0.3 is 9.72 Å². The number of aromatic nitrogens is 1. The van der Waals surface area contributed by atoms with Crippen molar-refractivity contribution in [3.63, 3.8) is 0 Å². The third-order valence-electron chi connectivity index (χ3n) is 2.63. The van der Waals surface area contributed by atoms with Crippen molar-refractivity contribution in [3.8, 4) is 5.75 Å². The summed E-state index contributed by atoms with van der Waals surface area (Å²) in [7, 11) is 1.43. The number of ether oxygens (including phenoxy) is 1. The van der Waals surface area contributed by atoms with Crippen LogP contribution in [0.1, 0.15) is 5.56 Å². The molecule has 0 atom stereocenters. The lowest BCUT2D eigenvalue weighted by molar-refractivity contribution is -0.383. The molecule has 6 nitrogen and oxygen atoms in total. The number of hydrogen-bond acceptors (Lipinski definition) is 4. The molecule has 88 valence electrons. The molecule has 0 aliphatic carbocycles. The van der Waals surface area contributed by atoms with Crippen molar-refractivity contribution in [2.45, 2.75) is 6.92 Å². The van der Waals surface area contributed by atoms with Crippen LogP contribution in [-0.2, 0) is 0 Å². The normalized spacial score (nSPS) is 10.5. The second kappa shape index (κ2) is 3.89. The number of nitro groups is 1. The topological polar surface area (TPSA) is 85.2 Å². The van der Waals surface area contributed by atoms with Gasteiger partial charge in [0.25, 0.3) is 5.69 Å². The molecule has 0 unspecified atom stereocenters. The Balaban J connectivity index is 3.04. The van der Waals surface area contributed by atoms with Crippen LogP contribution in [0.2, 0.25) is 0 Å². The van der Waals surface area contributed by atoms with Crippen molar-refractivity contribution >= 4 is 16.6 Å². The molecule has 0 saturated heterocycles. The van der Waals surface area contributed by atoms with E-state index in [0.717, 1.165) is 0 Å². The van der Waals surface area contributed by atoms with Gasteiger partial charge in [0.1, 0.15) is 11.1 Å². The first-order chi connectivity index (χ1) is 8.06. The highest BCUT2D eigenvalue weighted by Gasteiger charge is 2.22. The summed E-state index contributed by atoms with van der Waals surface area (Å²) in [6.07, 6.45) is 1.45. The summed E-state index contributed by atoms with van der Waals surface area (Å²) in [5.41, 5.74) is 0.158. The highest BCUT2D eigenvalue weighted by Crippen LogP contribution is 2.33. The molecule has 1 aromatic carbocycles. The molecule has 0 aliphatic heterocycles. The quantitative estimate of drug-likeness (QED) is 0.633. The van der Waals surface area contributed by atoms with Gasteiger partial charge in [-0.2, -0.15) is 0 Å². The fourth-order valence-electron chi connectivity index (χ4n) is 1.84. The van der Waals surface area contributed by atoms with Gasteiger partial charge in [-0.05, 0) is 6.92 Å². The average Bonchev–Trinajstić information content (AvgIpc) is 2.29. The summed E-state index contributed by atoms with van der Waals surface area (Å²) in [6, 6.07) is 2.85. The molecule has 0 bridgehead atoms. The first-order valence-corrected chi connectivity index (χ1v) is 4.89. The fourth-order valence-corrected chi connectivity index (χ4v) is 1.84. The fraction of sp³-hybridized carbons (Fsp3) is 0.182. The van der Waals surface area contributed by atoms with E-state index in [1.54, 1.807) is 13.0 Å². The van der Waals surface area contributed by atoms with Crippen LogP contribution in [0.25, 0.3) is 10.9 Å². The standard InChI is InChI=1S/C11H10N2O4/c1-6-9(17-2)5-7-10(11(6)13(15)16)8(14)3-4-12-7/h3-5H,1-2H3,(H,12,14). The Morgan fingerprint density at radius 1 is 1.47 bits per heavy atom. The zero-order valence-corrected chi connectivity index (χ0v) is 9.31. The molecular formula is C11H10N2O4. The van der Waals surface area contributed by atoms with Crippen LogP contribution in [0.3, 0.4) is 0 Å². The number of nitrogens with zero attached hydrogens (tertiary/aromatic N) is 1. The Bertz CT molecular complexity index is 660. The van der Waals surface area contributed by atoms with Gasteiger partial charge in [-0.1, -0.05) is 0 Å². The molecule has 1 aromatic heterocycles. The van der Waals surface area contributed by atoms with Crippen molar-refractivity contribution in [3.05, 3.63) is 44.2 Å². The number of nitro benzene ring substituents is 1. The number of pyridine rings is 1. The number of aromatic amines is 1. The molecule has 0 amide bonds. The predicted molar refractivity (Wildman–Crippen MR) is 62.5 cm³/mol. The van der Waals surface area contributed by atoms with Crippen molar-refractivity contribution in [2.75, 3.05) is 7.11 Å². The maximum atomic E-state index is 11.7. The third kappa shape index (κ3) is 1.63. The van der Waals surface area contributed by atoms with E-state index in [4.69, 9.17) is 4.74 Å². The highest BCUT2D eigenvalue weighted by atomic mass is 16.6. The minimum atomic E-state index is -0.560. The lowest BCUT2D eigenvalue weighted by atomic mass is 10.1. The van der Waals surface area contributed by atoms with Gasteiger partial charge in [-0.15, -0.1) is 0 Å². The number of fused-ring (bicyclic) bond motifs is 1. The third-order valence-corrected chi connectivity index (χ3v) is 2.63. The van der Waals surface area contributed by atoms with Crippen LogP contribution in [-0.4, -0.2) is 17.0 Å².